The van der Waals surface area contributed by atoms with Gasteiger partial charge in [0.15, 0.2) is 16.7 Å². The third-order valence-corrected chi connectivity index (χ3v) is 6.52. The summed E-state index contributed by atoms with van der Waals surface area (Å²) in [4.78, 5) is 4.62. The number of primary sulfonamides is 1. The summed E-state index contributed by atoms with van der Waals surface area (Å²) in [7, 11) is -2.44. The summed E-state index contributed by atoms with van der Waals surface area (Å²) in [5.74, 6) is 0.690. The van der Waals surface area contributed by atoms with E-state index in [1.165, 1.54) is 37.1 Å². The van der Waals surface area contributed by atoms with Crippen molar-refractivity contribution in [1.82, 2.24) is 9.55 Å². The summed E-state index contributed by atoms with van der Waals surface area (Å²) in [6.07, 6.45) is 1.92. The lowest BCUT2D eigenvalue weighted by molar-refractivity contribution is -0.0512. The minimum absolute atomic E-state index is 0.0102. The van der Waals surface area contributed by atoms with Gasteiger partial charge in [-0.3, -0.25) is 0 Å². The Labute approximate surface area is 183 Å². The number of alkyl halides is 2. The SMILES string of the molecule is CCCCn1c(SCc2ccc(OC(F)F)c(OC)c2)nc2cc(S(N)(=O)=O)ccc21. The van der Waals surface area contributed by atoms with Crippen LogP contribution in [-0.2, 0) is 22.3 Å². The molecule has 11 heteroatoms. The van der Waals surface area contributed by atoms with Gasteiger partial charge in [-0.15, -0.1) is 0 Å². The van der Waals surface area contributed by atoms with Gasteiger partial charge in [0.1, 0.15) is 0 Å². The van der Waals surface area contributed by atoms with Gasteiger partial charge in [-0.1, -0.05) is 31.2 Å². The molecule has 168 valence electrons. The molecule has 0 amide bonds. The number of benzene rings is 2. The zero-order chi connectivity index (χ0) is 22.6. The van der Waals surface area contributed by atoms with E-state index < -0.39 is 16.6 Å². The molecule has 3 aromatic rings. The number of rotatable bonds is 10. The molecule has 0 atom stereocenters. The van der Waals surface area contributed by atoms with Crippen molar-refractivity contribution in [3.63, 3.8) is 0 Å². The van der Waals surface area contributed by atoms with Gasteiger partial charge < -0.3 is 14.0 Å². The lowest BCUT2D eigenvalue weighted by atomic mass is 10.2. The number of imidazole rings is 1. The maximum atomic E-state index is 12.5. The Morgan fingerprint density at radius 2 is 1.97 bits per heavy atom. The number of hydrogen-bond acceptors (Lipinski definition) is 6. The van der Waals surface area contributed by atoms with Crippen LogP contribution >= 0.6 is 11.8 Å². The maximum Gasteiger partial charge on any atom is 0.387 e. The van der Waals surface area contributed by atoms with Gasteiger partial charge in [0.05, 0.1) is 23.0 Å². The molecule has 1 heterocycles. The number of methoxy groups -OCH3 is 1. The predicted octanol–water partition coefficient (Wildman–Crippen LogP) is 4.39. The molecule has 0 bridgehead atoms. The van der Waals surface area contributed by atoms with Crippen LogP contribution in [0.2, 0.25) is 0 Å². The van der Waals surface area contributed by atoms with E-state index in [1.807, 2.05) is 4.57 Å². The highest BCUT2D eigenvalue weighted by Gasteiger charge is 2.16. The van der Waals surface area contributed by atoms with Crippen molar-refractivity contribution < 1.29 is 26.7 Å². The zero-order valence-electron chi connectivity index (χ0n) is 17.0. The number of hydrogen-bond donors (Lipinski definition) is 1. The number of aryl methyl sites for hydroxylation is 1. The van der Waals surface area contributed by atoms with Crippen LogP contribution < -0.4 is 14.6 Å². The molecule has 2 N–H and O–H groups in total. The molecule has 0 unspecified atom stereocenters. The molecule has 2 aromatic carbocycles. The van der Waals surface area contributed by atoms with E-state index in [9.17, 15) is 17.2 Å². The first-order chi connectivity index (χ1) is 14.7. The molecule has 7 nitrogen and oxygen atoms in total. The summed E-state index contributed by atoms with van der Waals surface area (Å²) in [5, 5.41) is 5.96. The van der Waals surface area contributed by atoms with Gasteiger partial charge in [-0.2, -0.15) is 8.78 Å². The summed E-state index contributed by atoms with van der Waals surface area (Å²) >= 11 is 1.46. The molecule has 0 radical (unpaired) electrons. The fourth-order valence-corrected chi connectivity index (χ4v) is 4.57. The molecule has 0 aliphatic carbocycles. The molecular weight excluding hydrogens is 448 g/mol. The number of ether oxygens (including phenoxy) is 2. The number of nitrogens with two attached hydrogens (primary N) is 1. The molecule has 0 saturated heterocycles. The number of fused-ring (bicyclic) bond motifs is 1. The lowest BCUT2D eigenvalue weighted by Gasteiger charge is -2.12. The Bertz CT molecular complexity index is 1170. The van der Waals surface area contributed by atoms with Crippen molar-refractivity contribution in [2.45, 2.75) is 48.7 Å². The third kappa shape index (κ3) is 5.66. The molecule has 0 saturated carbocycles. The monoisotopic (exact) mass is 471 g/mol. The smallest absolute Gasteiger partial charge is 0.387 e. The van der Waals surface area contributed by atoms with Crippen molar-refractivity contribution in [2.24, 2.45) is 5.14 Å². The maximum absolute atomic E-state index is 12.5. The third-order valence-electron chi connectivity index (χ3n) is 4.56. The van der Waals surface area contributed by atoms with Gasteiger partial charge in [-0.05, 0) is 42.3 Å². The fraction of sp³-hybridized carbons (Fsp3) is 0.350. The van der Waals surface area contributed by atoms with E-state index in [4.69, 9.17) is 9.88 Å². The second-order valence-electron chi connectivity index (χ2n) is 6.75. The molecular formula is C20H23F2N3O4S2. The largest absolute Gasteiger partial charge is 0.493 e. The summed E-state index contributed by atoms with van der Waals surface area (Å²) in [6.45, 7) is -0.121. The van der Waals surface area contributed by atoms with E-state index in [-0.39, 0.29) is 16.4 Å². The van der Waals surface area contributed by atoms with Crippen LogP contribution in [-0.4, -0.2) is 31.7 Å². The zero-order valence-corrected chi connectivity index (χ0v) is 18.7. The van der Waals surface area contributed by atoms with Gasteiger partial charge >= 0.3 is 6.61 Å². The van der Waals surface area contributed by atoms with E-state index in [0.717, 1.165) is 35.6 Å². The van der Waals surface area contributed by atoms with Gasteiger partial charge in [0.2, 0.25) is 10.0 Å². The van der Waals surface area contributed by atoms with Crippen LogP contribution in [0.3, 0.4) is 0 Å². The highest BCUT2D eigenvalue weighted by Crippen LogP contribution is 2.33. The number of sulfonamides is 1. The van der Waals surface area contributed by atoms with Crippen molar-refractivity contribution in [1.29, 1.82) is 0 Å². The minimum Gasteiger partial charge on any atom is -0.493 e. The van der Waals surface area contributed by atoms with Crippen LogP contribution in [0, 0.1) is 0 Å². The topological polar surface area (TPSA) is 96.4 Å². The van der Waals surface area contributed by atoms with Gasteiger partial charge in [-0.25, -0.2) is 18.5 Å². The molecule has 0 aliphatic rings. The summed E-state index contributed by atoms with van der Waals surface area (Å²) < 4.78 is 60.0. The van der Waals surface area contributed by atoms with Crippen LogP contribution in [0.25, 0.3) is 11.0 Å². The first-order valence-corrected chi connectivity index (χ1v) is 12.0. The predicted molar refractivity (Wildman–Crippen MR) is 115 cm³/mol. The number of halogens is 2. The number of aromatic nitrogens is 2. The van der Waals surface area contributed by atoms with Crippen molar-refractivity contribution in [3.05, 3.63) is 42.0 Å². The Kier molecular flexibility index (Phi) is 7.39. The number of unbranched alkanes of at least 4 members (excludes halogenated alkanes) is 1. The van der Waals surface area contributed by atoms with E-state index >= 15 is 0 Å². The average molecular weight is 472 g/mol. The van der Waals surface area contributed by atoms with Crippen molar-refractivity contribution in [3.8, 4) is 11.5 Å². The first kappa shape index (κ1) is 23.3. The first-order valence-electron chi connectivity index (χ1n) is 9.50. The Hall–Kier alpha value is -2.37. The molecule has 31 heavy (non-hydrogen) atoms. The second kappa shape index (κ2) is 9.84. The number of nitrogens with zero attached hydrogens (tertiary/aromatic N) is 2. The van der Waals surface area contributed by atoms with Crippen LogP contribution in [0.15, 0.2) is 46.5 Å². The van der Waals surface area contributed by atoms with E-state index in [1.54, 1.807) is 18.2 Å². The minimum atomic E-state index is -3.83. The van der Waals surface area contributed by atoms with Gasteiger partial charge in [0.25, 0.3) is 0 Å². The molecule has 0 aliphatic heterocycles. The van der Waals surface area contributed by atoms with Crippen LogP contribution in [0.5, 0.6) is 11.5 Å². The number of thioether (sulfide) groups is 1. The van der Waals surface area contributed by atoms with E-state index in [2.05, 4.69) is 16.6 Å². The molecule has 3 rings (SSSR count). The summed E-state index contributed by atoms with van der Waals surface area (Å²) in [6, 6.07) is 9.42. The lowest BCUT2D eigenvalue weighted by Crippen LogP contribution is -2.11. The van der Waals surface area contributed by atoms with Gasteiger partial charge in [0, 0.05) is 12.3 Å². The fourth-order valence-electron chi connectivity index (χ4n) is 3.05. The van der Waals surface area contributed by atoms with Crippen LogP contribution in [0.1, 0.15) is 25.3 Å². The van der Waals surface area contributed by atoms with Crippen molar-refractivity contribution in [2.75, 3.05) is 7.11 Å². The standard InChI is InChI=1S/C20H23F2N3O4S2/c1-3-4-9-25-16-7-6-14(31(23,26)27)11-15(16)24-20(25)30-12-13-5-8-17(29-19(21)22)18(10-13)28-2/h5-8,10-11,19H,3-4,9,12H2,1-2H3,(H2,23,26,27). The Morgan fingerprint density at radius 3 is 2.61 bits per heavy atom. The second-order valence-corrected chi connectivity index (χ2v) is 9.25. The molecule has 0 spiro atoms. The van der Waals surface area contributed by atoms with Crippen molar-refractivity contribution >= 4 is 32.8 Å². The quantitative estimate of drug-likeness (QED) is 0.441. The molecule has 1 aromatic heterocycles. The summed E-state index contributed by atoms with van der Waals surface area (Å²) in [5.41, 5.74) is 2.20. The highest BCUT2D eigenvalue weighted by atomic mass is 32.2. The Balaban J connectivity index is 1.89. The Morgan fingerprint density at radius 1 is 1.19 bits per heavy atom. The van der Waals surface area contributed by atoms with Crippen LogP contribution in [0.4, 0.5) is 8.78 Å². The highest BCUT2D eigenvalue weighted by molar-refractivity contribution is 7.98. The van der Waals surface area contributed by atoms with E-state index in [0.29, 0.717) is 11.3 Å². The molecule has 0 fully saturated rings. The average Bonchev–Trinajstić information content (AvgIpc) is 3.07. The normalized spacial score (nSPS) is 11.9.